The number of oxime groups is 1. The van der Waals surface area contributed by atoms with Gasteiger partial charge >= 0.3 is 0 Å². The van der Waals surface area contributed by atoms with Gasteiger partial charge in [0.2, 0.25) is 0 Å². The highest BCUT2D eigenvalue weighted by atomic mass is 16.5. The number of nitrogens with zero attached hydrogens (tertiary/aromatic N) is 2. The van der Waals surface area contributed by atoms with Crippen LogP contribution in [0.3, 0.4) is 0 Å². The molecule has 0 spiro atoms. The molecule has 6 heteroatoms. The van der Waals surface area contributed by atoms with E-state index in [4.69, 9.17) is 20.4 Å². The van der Waals surface area contributed by atoms with Gasteiger partial charge < -0.3 is 20.4 Å². The van der Waals surface area contributed by atoms with E-state index in [2.05, 4.69) is 17.1 Å². The number of hydrogen-bond donors (Lipinski definition) is 2. The molecule has 1 aromatic carbocycles. The van der Waals surface area contributed by atoms with Crippen LogP contribution in [-0.2, 0) is 11.3 Å². The number of ether oxygens (including phenoxy) is 2. The zero-order chi connectivity index (χ0) is 15.2. The first-order valence-electron chi connectivity index (χ1n) is 7.08. The third-order valence-corrected chi connectivity index (χ3v) is 3.89. The Morgan fingerprint density at radius 1 is 1.48 bits per heavy atom. The van der Waals surface area contributed by atoms with Crippen LogP contribution in [0.2, 0.25) is 0 Å². The molecule has 1 fully saturated rings. The fourth-order valence-corrected chi connectivity index (χ4v) is 2.65. The van der Waals surface area contributed by atoms with Crippen molar-refractivity contribution in [2.45, 2.75) is 25.4 Å². The molecule has 1 saturated heterocycles. The average Bonchev–Trinajstić information content (AvgIpc) is 2.54. The maximum atomic E-state index is 8.87. The maximum Gasteiger partial charge on any atom is 0.173 e. The minimum absolute atomic E-state index is 0.0578. The Labute approximate surface area is 125 Å². The Kier molecular flexibility index (Phi) is 5.41. The fourth-order valence-electron chi connectivity index (χ4n) is 2.65. The van der Waals surface area contributed by atoms with Crippen molar-refractivity contribution in [2.75, 3.05) is 27.4 Å². The molecule has 0 saturated carbocycles. The van der Waals surface area contributed by atoms with Crippen LogP contribution in [0.5, 0.6) is 5.75 Å². The van der Waals surface area contributed by atoms with E-state index < -0.39 is 0 Å². The van der Waals surface area contributed by atoms with Gasteiger partial charge in [0.15, 0.2) is 5.84 Å². The zero-order valence-electron chi connectivity index (χ0n) is 12.6. The van der Waals surface area contributed by atoms with Gasteiger partial charge in [0.05, 0.1) is 12.7 Å². The third-order valence-electron chi connectivity index (χ3n) is 3.89. The minimum atomic E-state index is 0.0578. The van der Waals surface area contributed by atoms with E-state index >= 15 is 0 Å². The quantitative estimate of drug-likeness (QED) is 0.371. The summed E-state index contributed by atoms with van der Waals surface area (Å²) in [6, 6.07) is 6.29. The minimum Gasteiger partial charge on any atom is -0.496 e. The van der Waals surface area contributed by atoms with Gasteiger partial charge in [0.25, 0.3) is 0 Å². The van der Waals surface area contributed by atoms with Crippen molar-refractivity contribution in [2.24, 2.45) is 10.9 Å². The van der Waals surface area contributed by atoms with Gasteiger partial charge in [-0.3, -0.25) is 4.90 Å². The first-order chi connectivity index (χ1) is 10.2. The summed E-state index contributed by atoms with van der Waals surface area (Å²) in [7, 11) is 3.68. The summed E-state index contributed by atoms with van der Waals surface area (Å²) >= 11 is 0. The molecule has 0 aromatic heterocycles. The highest BCUT2D eigenvalue weighted by Crippen LogP contribution is 2.22. The van der Waals surface area contributed by atoms with Crippen LogP contribution >= 0.6 is 0 Å². The predicted octanol–water partition coefficient (Wildman–Crippen LogP) is 1.40. The molecule has 0 atom stereocenters. The number of amidine groups is 1. The highest BCUT2D eigenvalue weighted by molar-refractivity contribution is 5.99. The highest BCUT2D eigenvalue weighted by Gasteiger charge is 2.19. The number of benzene rings is 1. The summed E-state index contributed by atoms with van der Waals surface area (Å²) in [5.74, 6) is 0.658. The number of methoxy groups -OCH3 is 1. The summed E-state index contributed by atoms with van der Waals surface area (Å²) < 4.78 is 10.6. The lowest BCUT2D eigenvalue weighted by molar-refractivity contribution is 0.0407. The zero-order valence-corrected chi connectivity index (χ0v) is 12.6. The topological polar surface area (TPSA) is 80.3 Å². The van der Waals surface area contributed by atoms with Gasteiger partial charge in [0.1, 0.15) is 5.75 Å². The first-order valence-corrected chi connectivity index (χ1v) is 7.08. The molecule has 3 N–H and O–H groups in total. The van der Waals surface area contributed by atoms with E-state index in [-0.39, 0.29) is 5.84 Å². The summed E-state index contributed by atoms with van der Waals surface area (Å²) in [4.78, 5) is 2.32. The predicted molar refractivity (Wildman–Crippen MR) is 80.8 cm³/mol. The molecule has 0 aliphatic carbocycles. The molecular weight excluding hydrogens is 270 g/mol. The Hall–Kier alpha value is -1.79. The van der Waals surface area contributed by atoms with Gasteiger partial charge in [-0.2, -0.15) is 0 Å². The second-order valence-corrected chi connectivity index (χ2v) is 5.28. The van der Waals surface area contributed by atoms with E-state index in [0.29, 0.717) is 17.4 Å². The summed E-state index contributed by atoms with van der Waals surface area (Å²) in [6.45, 7) is 2.46. The van der Waals surface area contributed by atoms with Gasteiger partial charge in [-0.05, 0) is 37.6 Å². The molecule has 0 bridgehead atoms. The molecule has 6 nitrogen and oxygen atoms in total. The number of hydrogen-bond acceptors (Lipinski definition) is 5. The molecule has 2 rings (SSSR count). The maximum absolute atomic E-state index is 8.87. The van der Waals surface area contributed by atoms with Crippen LogP contribution in [0.1, 0.15) is 24.0 Å². The first kappa shape index (κ1) is 15.6. The lowest BCUT2D eigenvalue weighted by atomic mass is 10.0. The smallest absolute Gasteiger partial charge is 0.173 e. The normalized spacial score (nSPS) is 17.2. The van der Waals surface area contributed by atoms with Crippen LogP contribution in [0.15, 0.2) is 23.4 Å². The van der Waals surface area contributed by atoms with Crippen molar-refractivity contribution in [3.8, 4) is 5.75 Å². The van der Waals surface area contributed by atoms with E-state index in [9.17, 15) is 0 Å². The lowest BCUT2D eigenvalue weighted by Gasteiger charge is -2.31. The fraction of sp³-hybridized carbons (Fsp3) is 0.533. The Balaban J connectivity index is 2.12. The van der Waals surface area contributed by atoms with Crippen molar-refractivity contribution in [1.29, 1.82) is 0 Å². The van der Waals surface area contributed by atoms with Gasteiger partial charge in [0, 0.05) is 25.8 Å². The van der Waals surface area contributed by atoms with Crippen molar-refractivity contribution >= 4 is 5.84 Å². The average molecular weight is 293 g/mol. The summed E-state index contributed by atoms with van der Waals surface area (Å²) in [5, 5.41) is 11.9. The SMILES string of the molecule is COc1ccc(CN(C)C2CCOCC2)cc1C(N)=NO. The van der Waals surface area contributed by atoms with Crippen LogP contribution in [0, 0.1) is 0 Å². The van der Waals surface area contributed by atoms with E-state index in [1.165, 1.54) is 0 Å². The second-order valence-electron chi connectivity index (χ2n) is 5.28. The molecule has 0 unspecified atom stereocenters. The number of nitrogens with two attached hydrogens (primary N) is 1. The third kappa shape index (κ3) is 3.86. The number of rotatable bonds is 5. The van der Waals surface area contributed by atoms with E-state index in [0.717, 1.165) is 38.2 Å². The van der Waals surface area contributed by atoms with Crippen LogP contribution in [-0.4, -0.2) is 49.4 Å². The lowest BCUT2D eigenvalue weighted by Crippen LogP contribution is -2.36. The molecule has 0 amide bonds. The van der Waals surface area contributed by atoms with Crippen molar-refractivity contribution in [3.63, 3.8) is 0 Å². The largest absolute Gasteiger partial charge is 0.496 e. The molecular formula is C15H23N3O3. The van der Waals surface area contributed by atoms with E-state index in [1.807, 2.05) is 18.2 Å². The monoisotopic (exact) mass is 293 g/mol. The van der Waals surface area contributed by atoms with E-state index in [1.54, 1.807) is 7.11 Å². The molecule has 1 aromatic rings. The Bertz CT molecular complexity index is 499. The van der Waals surface area contributed by atoms with Crippen LogP contribution in [0.4, 0.5) is 0 Å². The summed E-state index contributed by atoms with van der Waals surface area (Å²) in [6.07, 6.45) is 2.11. The van der Waals surface area contributed by atoms with Crippen molar-refractivity contribution < 1.29 is 14.7 Å². The molecule has 1 heterocycles. The van der Waals surface area contributed by atoms with Gasteiger partial charge in [-0.25, -0.2) is 0 Å². The molecule has 1 aliphatic heterocycles. The molecule has 0 radical (unpaired) electrons. The van der Waals surface area contributed by atoms with Crippen molar-refractivity contribution in [1.82, 2.24) is 4.90 Å². The molecule has 116 valence electrons. The molecule has 1 aliphatic rings. The summed E-state index contributed by atoms with van der Waals surface area (Å²) in [5.41, 5.74) is 7.42. The van der Waals surface area contributed by atoms with Crippen LogP contribution < -0.4 is 10.5 Å². The second kappa shape index (κ2) is 7.28. The Morgan fingerprint density at radius 2 is 2.19 bits per heavy atom. The van der Waals surface area contributed by atoms with Crippen molar-refractivity contribution in [3.05, 3.63) is 29.3 Å². The molecule has 21 heavy (non-hydrogen) atoms. The van der Waals surface area contributed by atoms with Gasteiger partial charge in [-0.1, -0.05) is 11.2 Å². The van der Waals surface area contributed by atoms with Gasteiger partial charge in [-0.15, -0.1) is 0 Å². The standard InChI is InChI=1S/C15H23N3O3/c1-18(12-5-7-21-8-6-12)10-11-3-4-14(20-2)13(9-11)15(16)17-19/h3-4,9,12,19H,5-8,10H2,1-2H3,(H2,16,17). The Morgan fingerprint density at radius 3 is 2.81 bits per heavy atom. The van der Waals surface area contributed by atoms with Crippen LogP contribution in [0.25, 0.3) is 0 Å².